The molecule has 8 nitrogen and oxygen atoms in total. The van der Waals surface area contributed by atoms with Crippen LogP contribution in [0.2, 0.25) is 0 Å². The molecule has 2 atom stereocenters. The molecule has 1 rings (SSSR count). The second-order valence-electron chi connectivity index (χ2n) is 5.17. The summed E-state index contributed by atoms with van der Waals surface area (Å²) in [6, 6.07) is 4.83. The van der Waals surface area contributed by atoms with Gasteiger partial charge in [-0.2, -0.15) is 0 Å². The Balaban J connectivity index is 0.000000449. The normalized spacial score (nSPS) is 12.6. The lowest BCUT2D eigenvalue weighted by Gasteiger charge is -2.11. The van der Waals surface area contributed by atoms with Gasteiger partial charge in [0.2, 0.25) is 0 Å². The molecule has 0 aromatic heterocycles. The predicted octanol–water partition coefficient (Wildman–Crippen LogP) is 0.168. The van der Waals surface area contributed by atoms with E-state index in [0.717, 1.165) is 12.0 Å². The number of carboxylic acid groups (broad SMARTS) is 2. The van der Waals surface area contributed by atoms with Crippen molar-refractivity contribution in [1.82, 2.24) is 5.32 Å². The number of nitrogens with one attached hydrogen (secondary N) is 1. The number of hydrogen-bond donors (Lipinski definition) is 6. The van der Waals surface area contributed by atoms with Crippen molar-refractivity contribution >= 4 is 11.9 Å². The van der Waals surface area contributed by atoms with E-state index in [1.54, 1.807) is 12.1 Å². The average molecular weight is 342 g/mol. The van der Waals surface area contributed by atoms with Crippen LogP contribution in [0.1, 0.15) is 25.3 Å². The summed E-state index contributed by atoms with van der Waals surface area (Å²) < 4.78 is 0. The van der Waals surface area contributed by atoms with Crippen LogP contribution < -0.4 is 11.1 Å². The van der Waals surface area contributed by atoms with Gasteiger partial charge < -0.3 is 31.5 Å². The van der Waals surface area contributed by atoms with Crippen LogP contribution in [0.25, 0.3) is 0 Å². The van der Waals surface area contributed by atoms with Crippen LogP contribution in [0.5, 0.6) is 5.75 Å². The quantitative estimate of drug-likeness (QED) is 0.371. The maximum Gasteiger partial charge on any atom is 0.320 e. The maximum atomic E-state index is 10.4. The second-order valence-corrected chi connectivity index (χ2v) is 5.17. The molecule has 0 heterocycles. The molecule has 0 fully saturated rings. The second kappa shape index (κ2) is 12.3. The Labute approximate surface area is 140 Å². The molecule has 0 saturated heterocycles. The molecule has 0 bridgehead atoms. The molecule has 7 N–H and O–H groups in total. The minimum absolute atomic E-state index is 0.0896. The summed E-state index contributed by atoms with van der Waals surface area (Å²) in [6.45, 7) is 2.55. The van der Waals surface area contributed by atoms with Gasteiger partial charge in [0.05, 0.1) is 0 Å². The third-order valence-corrected chi connectivity index (χ3v) is 3.07. The number of phenols is 1. The number of hydrogen-bond acceptors (Lipinski definition) is 6. The number of aliphatic hydroxyl groups is 1. The van der Waals surface area contributed by atoms with E-state index in [4.69, 9.17) is 26.2 Å². The maximum absolute atomic E-state index is 10.4. The van der Waals surface area contributed by atoms with Crippen molar-refractivity contribution < 1.29 is 30.0 Å². The number of carboxylic acids is 2. The van der Waals surface area contributed by atoms with Crippen LogP contribution in [0.15, 0.2) is 24.3 Å². The van der Waals surface area contributed by atoms with Gasteiger partial charge in [-0.05, 0) is 43.5 Å². The van der Waals surface area contributed by atoms with E-state index in [1.807, 2.05) is 6.92 Å². The van der Waals surface area contributed by atoms with Crippen molar-refractivity contribution in [3.05, 3.63) is 29.8 Å². The fourth-order valence-corrected chi connectivity index (χ4v) is 1.73. The Morgan fingerprint density at radius 3 is 2.17 bits per heavy atom. The van der Waals surface area contributed by atoms with E-state index in [0.29, 0.717) is 6.54 Å². The molecule has 0 saturated carbocycles. The molecule has 0 aliphatic carbocycles. The van der Waals surface area contributed by atoms with Gasteiger partial charge in [0, 0.05) is 6.61 Å². The summed E-state index contributed by atoms with van der Waals surface area (Å²) in [5, 5.41) is 37.3. The van der Waals surface area contributed by atoms with E-state index >= 15 is 0 Å². The Morgan fingerprint density at radius 2 is 1.75 bits per heavy atom. The Bertz CT molecular complexity index is 492. The zero-order chi connectivity index (χ0) is 18.5. The molecule has 1 aromatic carbocycles. The van der Waals surface area contributed by atoms with Gasteiger partial charge >= 0.3 is 11.9 Å². The summed E-state index contributed by atoms with van der Waals surface area (Å²) >= 11 is 0. The zero-order valence-corrected chi connectivity index (χ0v) is 13.7. The fraction of sp³-hybridized carbons (Fsp3) is 0.500. The lowest BCUT2D eigenvalue weighted by Crippen LogP contribution is -2.37. The number of aliphatic carboxylic acids is 2. The molecule has 8 heteroatoms. The first kappa shape index (κ1) is 21.8. The molecule has 0 aliphatic rings. The third kappa shape index (κ3) is 9.78. The molecule has 0 amide bonds. The lowest BCUT2D eigenvalue weighted by atomic mass is 10.1. The molecule has 0 radical (unpaired) electrons. The van der Waals surface area contributed by atoms with Crippen LogP contribution in [-0.4, -0.2) is 57.6 Å². The molecular weight excluding hydrogens is 316 g/mol. The first-order chi connectivity index (χ1) is 11.3. The van der Waals surface area contributed by atoms with Crippen LogP contribution in [-0.2, 0) is 16.0 Å². The standard InChI is InChI=1S/C9H11NO3.C7H15NO3/c10-8(9(12)13)5-6-1-3-7(11)4-2-6;1-2-4-8-6(3-5-9)7(10)11/h1-4,8,11H,5,10H2,(H,12,13);6,8-9H,2-5H2,1H3,(H,10,11)/t8-;6-/m00/s1. The van der Waals surface area contributed by atoms with Crippen LogP contribution >= 0.6 is 0 Å². The lowest BCUT2D eigenvalue weighted by molar-refractivity contribution is -0.140. The fourth-order valence-electron chi connectivity index (χ4n) is 1.73. The molecule has 0 spiro atoms. The molecule has 0 unspecified atom stereocenters. The van der Waals surface area contributed by atoms with E-state index in [2.05, 4.69) is 5.32 Å². The van der Waals surface area contributed by atoms with Crippen LogP contribution in [0.4, 0.5) is 0 Å². The van der Waals surface area contributed by atoms with E-state index in [9.17, 15) is 9.59 Å². The first-order valence-corrected chi connectivity index (χ1v) is 7.65. The van der Waals surface area contributed by atoms with Gasteiger partial charge in [0.1, 0.15) is 17.8 Å². The monoisotopic (exact) mass is 342 g/mol. The van der Waals surface area contributed by atoms with Crippen molar-refractivity contribution in [3.63, 3.8) is 0 Å². The minimum Gasteiger partial charge on any atom is -0.508 e. The van der Waals surface area contributed by atoms with Crippen LogP contribution in [0, 0.1) is 0 Å². The summed E-state index contributed by atoms with van der Waals surface area (Å²) in [7, 11) is 0. The van der Waals surface area contributed by atoms with E-state index in [-0.39, 0.29) is 25.2 Å². The number of nitrogens with two attached hydrogens (primary N) is 1. The summed E-state index contributed by atoms with van der Waals surface area (Å²) in [6.07, 6.45) is 1.44. The Hall–Kier alpha value is -2.16. The molecule has 0 aliphatic heterocycles. The summed E-state index contributed by atoms with van der Waals surface area (Å²) in [5.74, 6) is -1.76. The van der Waals surface area contributed by atoms with Crippen molar-refractivity contribution in [1.29, 1.82) is 0 Å². The van der Waals surface area contributed by atoms with Crippen LogP contribution in [0.3, 0.4) is 0 Å². The van der Waals surface area contributed by atoms with Crippen molar-refractivity contribution in [2.75, 3.05) is 13.2 Å². The summed E-state index contributed by atoms with van der Waals surface area (Å²) in [5.41, 5.74) is 6.12. The number of aliphatic hydroxyl groups excluding tert-OH is 1. The van der Waals surface area contributed by atoms with E-state index < -0.39 is 24.0 Å². The van der Waals surface area contributed by atoms with Gasteiger partial charge in [0.15, 0.2) is 0 Å². The predicted molar refractivity (Wildman–Crippen MR) is 88.8 cm³/mol. The number of rotatable bonds is 9. The smallest absolute Gasteiger partial charge is 0.320 e. The highest BCUT2D eigenvalue weighted by Gasteiger charge is 2.14. The highest BCUT2D eigenvalue weighted by molar-refractivity contribution is 5.73. The molecule has 24 heavy (non-hydrogen) atoms. The van der Waals surface area contributed by atoms with Gasteiger partial charge in [-0.25, -0.2) is 0 Å². The molecule has 136 valence electrons. The van der Waals surface area contributed by atoms with Gasteiger partial charge in [-0.15, -0.1) is 0 Å². The number of phenolic OH excluding ortho intramolecular Hbond substituents is 1. The highest BCUT2D eigenvalue weighted by atomic mass is 16.4. The zero-order valence-electron chi connectivity index (χ0n) is 13.7. The van der Waals surface area contributed by atoms with Crippen molar-refractivity contribution in [3.8, 4) is 5.75 Å². The number of aromatic hydroxyl groups is 1. The van der Waals surface area contributed by atoms with Gasteiger partial charge in [-0.1, -0.05) is 19.1 Å². The minimum atomic E-state index is -1.02. The summed E-state index contributed by atoms with van der Waals surface area (Å²) in [4.78, 5) is 20.8. The Kier molecular flexibility index (Phi) is 11.2. The number of benzene rings is 1. The third-order valence-electron chi connectivity index (χ3n) is 3.07. The first-order valence-electron chi connectivity index (χ1n) is 7.65. The highest BCUT2D eigenvalue weighted by Crippen LogP contribution is 2.10. The van der Waals surface area contributed by atoms with E-state index in [1.165, 1.54) is 12.1 Å². The Morgan fingerprint density at radius 1 is 1.17 bits per heavy atom. The number of carbonyl (C=O) groups is 2. The SMILES string of the molecule is CCCN[C@@H](CCO)C(=O)O.N[C@@H](Cc1ccc(O)cc1)C(=O)O. The molecule has 1 aromatic rings. The van der Waals surface area contributed by atoms with Gasteiger partial charge in [-0.3, -0.25) is 9.59 Å². The largest absolute Gasteiger partial charge is 0.508 e. The van der Waals surface area contributed by atoms with Crippen molar-refractivity contribution in [2.24, 2.45) is 5.73 Å². The van der Waals surface area contributed by atoms with Gasteiger partial charge in [0.25, 0.3) is 0 Å². The van der Waals surface area contributed by atoms with Crippen molar-refractivity contribution in [2.45, 2.75) is 38.3 Å². The topological polar surface area (TPSA) is 153 Å². The molecular formula is C16H26N2O6. The average Bonchev–Trinajstić information content (AvgIpc) is 2.53.